The van der Waals surface area contributed by atoms with E-state index in [9.17, 15) is 14.4 Å². The fraction of sp³-hybridized carbons (Fsp3) is 0.211. The molecule has 2 aromatic carbocycles. The van der Waals surface area contributed by atoms with Crippen molar-refractivity contribution >= 4 is 40.8 Å². The Morgan fingerprint density at radius 3 is 2.42 bits per heavy atom. The summed E-state index contributed by atoms with van der Waals surface area (Å²) in [5.74, 6) is -0.462. The fourth-order valence-corrected chi connectivity index (χ4v) is 2.93. The van der Waals surface area contributed by atoms with Crippen molar-refractivity contribution in [1.82, 2.24) is 4.90 Å². The lowest BCUT2D eigenvalue weighted by atomic mass is 10.1. The predicted molar refractivity (Wildman–Crippen MR) is 101 cm³/mol. The number of nitrogens with zero attached hydrogens (tertiary/aromatic N) is 1. The maximum atomic E-state index is 12.5. The first kappa shape index (κ1) is 17.9. The monoisotopic (exact) mass is 371 g/mol. The van der Waals surface area contributed by atoms with E-state index in [0.717, 1.165) is 0 Å². The lowest BCUT2D eigenvalue weighted by molar-refractivity contribution is 0.0636. The molecule has 1 heterocycles. The van der Waals surface area contributed by atoms with Gasteiger partial charge in [0.05, 0.1) is 21.8 Å². The number of hydrogen-bond acceptors (Lipinski definition) is 3. The van der Waals surface area contributed by atoms with Gasteiger partial charge in [-0.3, -0.25) is 14.5 Å². The molecule has 0 bridgehead atoms. The maximum absolute atomic E-state index is 12.5. The largest absolute Gasteiger partial charge is 0.323 e. The second-order valence-electron chi connectivity index (χ2n) is 6.43. The van der Waals surface area contributed by atoms with E-state index >= 15 is 0 Å². The topological polar surface area (TPSA) is 78.5 Å². The molecule has 0 atom stereocenters. The summed E-state index contributed by atoms with van der Waals surface area (Å²) >= 11 is 6.01. The lowest BCUT2D eigenvalue weighted by Gasteiger charge is -2.15. The molecule has 0 aromatic heterocycles. The Bertz CT molecular complexity index is 895. The van der Waals surface area contributed by atoms with Crippen LogP contribution in [0.3, 0.4) is 0 Å². The van der Waals surface area contributed by atoms with E-state index in [1.807, 2.05) is 13.8 Å². The first-order valence-electron chi connectivity index (χ1n) is 8.19. The van der Waals surface area contributed by atoms with Gasteiger partial charge in [-0.1, -0.05) is 37.6 Å². The summed E-state index contributed by atoms with van der Waals surface area (Å²) < 4.78 is 0. The zero-order valence-electron chi connectivity index (χ0n) is 14.4. The van der Waals surface area contributed by atoms with Crippen LogP contribution in [0.15, 0.2) is 42.5 Å². The summed E-state index contributed by atoms with van der Waals surface area (Å²) in [5.41, 5.74) is 1.54. The summed E-state index contributed by atoms with van der Waals surface area (Å²) in [6.07, 6.45) is 0. The molecule has 6 nitrogen and oxygen atoms in total. The Morgan fingerprint density at radius 2 is 1.73 bits per heavy atom. The van der Waals surface area contributed by atoms with Crippen LogP contribution in [0.2, 0.25) is 5.02 Å². The van der Waals surface area contributed by atoms with Crippen LogP contribution >= 0.6 is 11.6 Å². The van der Waals surface area contributed by atoms with Crippen LogP contribution in [0.4, 0.5) is 16.2 Å². The minimum atomic E-state index is -0.492. The van der Waals surface area contributed by atoms with Gasteiger partial charge in [-0.15, -0.1) is 0 Å². The van der Waals surface area contributed by atoms with E-state index in [-0.39, 0.29) is 17.7 Å². The average Bonchev–Trinajstić information content (AvgIpc) is 2.81. The molecule has 3 rings (SSSR count). The molecule has 0 radical (unpaired) electrons. The number of carbonyl (C=O) groups excluding carboxylic acids is 3. The summed E-state index contributed by atoms with van der Waals surface area (Å²) in [6, 6.07) is 11.0. The Balaban J connectivity index is 1.75. The van der Waals surface area contributed by atoms with E-state index in [1.165, 1.54) is 11.0 Å². The Hall–Kier alpha value is -2.86. The van der Waals surface area contributed by atoms with Crippen LogP contribution < -0.4 is 10.6 Å². The van der Waals surface area contributed by atoms with Crippen molar-refractivity contribution in [3.8, 4) is 0 Å². The van der Waals surface area contributed by atoms with E-state index in [4.69, 9.17) is 11.6 Å². The van der Waals surface area contributed by atoms with Gasteiger partial charge in [0.15, 0.2) is 0 Å². The highest BCUT2D eigenvalue weighted by molar-refractivity contribution is 6.33. The Morgan fingerprint density at radius 1 is 1.04 bits per heavy atom. The Kier molecular flexibility index (Phi) is 4.95. The van der Waals surface area contributed by atoms with Crippen molar-refractivity contribution in [2.24, 2.45) is 5.92 Å². The molecule has 0 unspecified atom stereocenters. The van der Waals surface area contributed by atoms with Gasteiger partial charge in [0.2, 0.25) is 0 Å². The van der Waals surface area contributed by atoms with E-state index < -0.39 is 6.03 Å². The molecule has 1 aliphatic heterocycles. The number of para-hydroxylation sites is 1. The molecule has 134 valence electrons. The van der Waals surface area contributed by atoms with E-state index in [0.29, 0.717) is 34.1 Å². The van der Waals surface area contributed by atoms with Gasteiger partial charge in [-0.05, 0) is 36.2 Å². The Labute approximate surface area is 156 Å². The number of rotatable bonds is 4. The quantitative estimate of drug-likeness (QED) is 0.789. The molecular weight excluding hydrogens is 354 g/mol. The number of benzene rings is 2. The van der Waals surface area contributed by atoms with Crippen LogP contribution in [0.1, 0.15) is 34.6 Å². The van der Waals surface area contributed by atoms with Crippen molar-refractivity contribution in [3.63, 3.8) is 0 Å². The molecule has 0 aliphatic carbocycles. The van der Waals surface area contributed by atoms with Gasteiger partial charge in [-0.25, -0.2) is 4.79 Å². The van der Waals surface area contributed by atoms with Crippen molar-refractivity contribution in [2.45, 2.75) is 13.8 Å². The van der Waals surface area contributed by atoms with Crippen LogP contribution in [0, 0.1) is 5.92 Å². The van der Waals surface area contributed by atoms with Gasteiger partial charge in [-0.2, -0.15) is 0 Å². The third-order valence-corrected chi connectivity index (χ3v) is 4.23. The molecule has 0 saturated carbocycles. The lowest BCUT2D eigenvalue weighted by Crippen LogP contribution is -2.33. The van der Waals surface area contributed by atoms with E-state index in [1.54, 1.807) is 36.4 Å². The van der Waals surface area contributed by atoms with Crippen molar-refractivity contribution in [1.29, 1.82) is 0 Å². The molecule has 7 heteroatoms. The van der Waals surface area contributed by atoms with Crippen molar-refractivity contribution in [3.05, 3.63) is 58.6 Å². The number of nitrogens with one attached hydrogen (secondary N) is 2. The predicted octanol–water partition coefficient (Wildman–Crippen LogP) is 4.24. The normalized spacial score (nSPS) is 13.2. The maximum Gasteiger partial charge on any atom is 0.323 e. The zero-order valence-corrected chi connectivity index (χ0v) is 15.1. The number of imide groups is 1. The van der Waals surface area contributed by atoms with Gasteiger partial charge in [0, 0.05) is 12.2 Å². The molecule has 0 saturated heterocycles. The highest BCUT2D eigenvalue weighted by atomic mass is 35.5. The molecular formula is C19H18ClN3O3. The number of amides is 4. The molecule has 26 heavy (non-hydrogen) atoms. The van der Waals surface area contributed by atoms with Crippen LogP contribution in [-0.2, 0) is 0 Å². The van der Waals surface area contributed by atoms with Crippen molar-refractivity contribution < 1.29 is 14.4 Å². The average molecular weight is 372 g/mol. The van der Waals surface area contributed by atoms with Gasteiger partial charge in [0.25, 0.3) is 11.8 Å². The first-order valence-corrected chi connectivity index (χ1v) is 8.57. The summed E-state index contributed by atoms with van der Waals surface area (Å²) in [7, 11) is 0. The van der Waals surface area contributed by atoms with Crippen LogP contribution in [0.25, 0.3) is 0 Å². The summed E-state index contributed by atoms with van der Waals surface area (Å²) in [6.45, 7) is 4.24. The molecule has 0 fully saturated rings. The highest BCUT2D eigenvalue weighted by Gasteiger charge is 2.35. The van der Waals surface area contributed by atoms with Gasteiger partial charge in [0.1, 0.15) is 0 Å². The fourth-order valence-electron chi connectivity index (χ4n) is 2.75. The smallest absolute Gasteiger partial charge is 0.308 e. The van der Waals surface area contributed by atoms with E-state index in [2.05, 4.69) is 10.6 Å². The standard InChI is InChI=1S/C19H18ClN3O3/c1-11(2)10-23-17(24)13-8-7-12(9-14(13)18(23)25)21-19(26)22-16-6-4-3-5-15(16)20/h3-9,11H,10H2,1-2H3,(H2,21,22,26). The number of urea groups is 1. The third kappa shape index (κ3) is 3.55. The number of anilines is 2. The first-order chi connectivity index (χ1) is 12.4. The van der Waals surface area contributed by atoms with Gasteiger partial charge < -0.3 is 10.6 Å². The minimum Gasteiger partial charge on any atom is -0.308 e. The van der Waals surface area contributed by atoms with Crippen molar-refractivity contribution in [2.75, 3.05) is 17.2 Å². The number of fused-ring (bicyclic) bond motifs is 1. The van der Waals surface area contributed by atoms with Crippen LogP contribution in [0.5, 0.6) is 0 Å². The summed E-state index contributed by atoms with van der Waals surface area (Å²) in [4.78, 5) is 38.2. The molecule has 2 aromatic rings. The second kappa shape index (κ2) is 7.17. The molecule has 2 N–H and O–H groups in total. The zero-order chi connectivity index (χ0) is 18.8. The number of halogens is 1. The highest BCUT2D eigenvalue weighted by Crippen LogP contribution is 2.27. The SMILES string of the molecule is CC(C)CN1C(=O)c2ccc(NC(=O)Nc3ccccc3Cl)cc2C1=O. The molecule has 0 spiro atoms. The van der Waals surface area contributed by atoms with Gasteiger partial charge >= 0.3 is 6.03 Å². The number of carbonyl (C=O) groups is 3. The van der Waals surface area contributed by atoms with Crippen LogP contribution in [-0.4, -0.2) is 29.3 Å². The molecule has 4 amide bonds. The number of hydrogen-bond donors (Lipinski definition) is 2. The second-order valence-corrected chi connectivity index (χ2v) is 6.84. The minimum absolute atomic E-state index is 0.177. The molecule has 1 aliphatic rings. The summed E-state index contributed by atoms with van der Waals surface area (Å²) in [5, 5.41) is 5.70. The third-order valence-electron chi connectivity index (χ3n) is 3.90.